The summed E-state index contributed by atoms with van der Waals surface area (Å²) in [6.07, 6.45) is 0. The third-order valence-electron chi connectivity index (χ3n) is 1.81. The average Bonchev–Trinajstić information content (AvgIpc) is 2.18. The van der Waals surface area contributed by atoms with E-state index in [0.717, 1.165) is 5.19 Å². The van der Waals surface area contributed by atoms with Crippen LogP contribution >= 0.6 is 0 Å². The van der Waals surface area contributed by atoms with E-state index in [1.807, 2.05) is 50.0 Å². The van der Waals surface area contributed by atoms with E-state index in [0.29, 0.717) is 0 Å². The summed E-state index contributed by atoms with van der Waals surface area (Å²) in [5, 5.41) is 0.806. The summed E-state index contributed by atoms with van der Waals surface area (Å²) in [5.74, 6) is 0. The number of rotatable bonds is 5. The highest BCUT2D eigenvalue weighted by molar-refractivity contribution is 6.82. The van der Waals surface area contributed by atoms with Crippen LogP contribution in [0.1, 0.15) is 0 Å². The lowest BCUT2D eigenvalue weighted by Gasteiger charge is -2.26. The van der Waals surface area contributed by atoms with Gasteiger partial charge in [0.05, 0.1) is 0 Å². The minimum atomic E-state index is -3.09. The molecule has 0 bridgehead atoms. The molecule has 1 radical (unpaired) electrons. The first-order valence-electron chi connectivity index (χ1n) is 5.00. The van der Waals surface area contributed by atoms with Gasteiger partial charge in [0.15, 0.2) is 18.8 Å². The normalized spacial score (nSPS) is 15.3. The Labute approximate surface area is 96.1 Å². The highest BCUT2D eigenvalue weighted by Crippen LogP contribution is 2.05. The first-order chi connectivity index (χ1) is 7.08. The number of benzene rings is 1. The minimum Gasteiger partial charge on any atom is -0.416 e. The van der Waals surface area contributed by atoms with Crippen molar-refractivity contribution in [1.29, 1.82) is 0 Å². The Kier molecular flexibility index (Phi) is 4.90. The Hall–Kier alpha value is -0.249. The maximum atomic E-state index is 10.4. The first kappa shape index (κ1) is 12.8. The Bertz CT molecular complexity index is 294. The zero-order valence-electron chi connectivity index (χ0n) is 9.31. The van der Waals surface area contributed by atoms with Gasteiger partial charge >= 0.3 is 8.80 Å². The molecule has 3 nitrogen and oxygen atoms in total. The van der Waals surface area contributed by atoms with Gasteiger partial charge in [0, 0.05) is 5.19 Å². The molecule has 1 rings (SSSR count). The van der Waals surface area contributed by atoms with Crippen LogP contribution < -0.4 is 5.19 Å². The van der Waals surface area contributed by atoms with Crippen LogP contribution in [0.25, 0.3) is 0 Å². The molecule has 0 aliphatic carbocycles. The number of hydrogen-bond acceptors (Lipinski definition) is 3. The minimum absolute atomic E-state index is 0.212. The Morgan fingerprint density at radius 1 is 1.27 bits per heavy atom. The van der Waals surface area contributed by atoms with Crippen molar-refractivity contribution in [3.63, 3.8) is 0 Å². The Balaban J connectivity index is 2.90. The predicted molar refractivity (Wildman–Crippen MR) is 68.1 cm³/mol. The van der Waals surface area contributed by atoms with E-state index in [2.05, 4.69) is 0 Å². The molecule has 1 aromatic rings. The summed E-state index contributed by atoms with van der Waals surface area (Å²) >= 11 is 0. The predicted octanol–water partition coefficient (Wildman–Crippen LogP) is 0.241. The second kappa shape index (κ2) is 5.73. The van der Waals surface area contributed by atoms with Gasteiger partial charge in [-0.3, -0.25) is 0 Å². The molecule has 1 aromatic carbocycles. The van der Waals surface area contributed by atoms with E-state index in [-0.39, 0.29) is 9.76 Å². The van der Waals surface area contributed by atoms with Crippen LogP contribution in [0, 0.1) is 0 Å². The summed E-state index contributed by atoms with van der Waals surface area (Å²) in [5.41, 5.74) is 0. The van der Waals surface area contributed by atoms with Crippen LogP contribution in [0.15, 0.2) is 30.3 Å². The van der Waals surface area contributed by atoms with Crippen molar-refractivity contribution >= 4 is 32.8 Å². The molecule has 15 heavy (non-hydrogen) atoms. The summed E-state index contributed by atoms with van der Waals surface area (Å²) in [6.45, 7) is 6.02. The van der Waals surface area contributed by atoms with E-state index in [1.165, 1.54) is 0 Å². The highest BCUT2D eigenvalue weighted by atomic mass is 28.5. The zero-order chi connectivity index (χ0) is 11.3. The van der Waals surface area contributed by atoms with Gasteiger partial charge in [0.1, 0.15) is 0 Å². The van der Waals surface area contributed by atoms with Crippen LogP contribution in [0.4, 0.5) is 0 Å². The maximum absolute atomic E-state index is 10.4. The molecule has 6 heteroatoms. The van der Waals surface area contributed by atoms with Gasteiger partial charge in [-0.25, -0.2) is 0 Å². The van der Waals surface area contributed by atoms with Crippen molar-refractivity contribution in [2.24, 2.45) is 0 Å². The topological polar surface area (TPSA) is 38.7 Å². The van der Waals surface area contributed by atoms with Gasteiger partial charge in [-0.2, -0.15) is 0 Å². The molecule has 0 heterocycles. The molecule has 0 fully saturated rings. The van der Waals surface area contributed by atoms with Gasteiger partial charge in [0.2, 0.25) is 0 Å². The lowest BCUT2D eigenvalue weighted by atomic mass is 10.4. The number of hydrogen-bond donors (Lipinski definition) is 1. The quantitative estimate of drug-likeness (QED) is 0.768. The van der Waals surface area contributed by atoms with Gasteiger partial charge in [0.25, 0.3) is 0 Å². The van der Waals surface area contributed by atoms with E-state index < -0.39 is 17.8 Å². The monoisotopic (exact) mass is 257 g/mol. The lowest BCUT2D eigenvalue weighted by molar-refractivity contribution is 0.281. The van der Waals surface area contributed by atoms with E-state index in [4.69, 9.17) is 8.23 Å². The second-order valence-electron chi connectivity index (χ2n) is 3.47. The van der Waals surface area contributed by atoms with E-state index in [1.54, 1.807) is 0 Å². The van der Waals surface area contributed by atoms with Crippen molar-refractivity contribution in [3.8, 4) is 0 Å². The molecule has 1 N–H and O–H groups in total. The molecule has 0 spiro atoms. The molecule has 0 aliphatic heterocycles. The summed E-state index contributed by atoms with van der Waals surface area (Å²) in [4.78, 5) is 10.4. The summed E-state index contributed by atoms with van der Waals surface area (Å²) in [6, 6.07) is 9.46. The average molecular weight is 257 g/mol. The van der Waals surface area contributed by atoms with Gasteiger partial charge in [-0.1, -0.05) is 30.3 Å². The molecular formula is C9H17O3Si3. The molecule has 0 aromatic heterocycles. The molecular weight excluding hydrogens is 240 g/mol. The second-order valence-corrected chi connectivity index (χ2v) is 9.66. The highest BCUT2D eigenvalue weighted by Gasteiger charge is 2.39. The first-order valence-corrected chi connectivity index (χ1v) is 11.2. The Morgan fingerprint density at radius 2 is 1.87 bits per heavy atom. The van der Waals surface area contributed by atoms with Crippen LogP contribution in [-0.2, 0) is 8.23 Å². The molecule has 1 atom stereocenters. The molecule has 0 saturated carbocycles. The molecule has 83 valence electrons. The fraction of sp³-hybridized carbons (Fsp3) is 0.333. The van der Waals surface area contributed by atoms with E-state index >= 15 is 0 Å². The standard InChI is InChI=1S/C9H17O3Si3/c1-13-11-15(10,12-14(2)3)9-7-5-4-6-8-9/h4-8,10,13-14H,1-3H3. The van der Waals surface area contributed by atoms with Crippen LogP contribution in [0.3, 0.4) is 0 Å². The van der Waals surface area contributed by atoms with Gasteiger partial charge in [-0.05, 0) is 19.6 Å². The summed E-state index contributed by atoms with van der Waals surface area (Å²) < 4.78 is 11.2. The molecule has 1 unspecified atom stereocenters. The molecule has 0 amide bonds. The smallest absolute Gasteiger partial charge is 0.416 e. The van der Waals surface area contributed by atoms with Crippen LogP contribution in [0.5, 0.6) is 0 Å². The SMILES string of the molecule is C[SiH]O[Si](O)(O[SiH](C)C)c1ccccc1. The maximum Gasteiger partial charge on any atom is 0.513 e. The molecule has 0 saturated heterocycles. The molecule has 0 aliphatic rings. The third-order valence-corrected chi connectivity index (χ3v) is 8.26. The van der Waals surface area contributed by atoms with Crippen molar-refractivity contribution in [3.05, 3.63) is 30.3 Å². The Morgan fingerprint density at radius 3 is 2.33 bits per heavy atom. The van der Waals surface area contributed by atoms with Crippen LogP contribution in [0.2, 0.25) is 19.6 Å². The van der Waals surface area contributed by atoms with Crippen molar-refractivity contribution in [2.75, 3.05) is 0 Å². The van der Waals surface area contributed by atoms with Crippen molar-refractivity contribution < 1.29 is 13.0 Å². The fourth-order valence-corrected chi connectivity index (χ4v) is 7.55. The summed E-state index contributed by atoms with van der Waals surface area (Å²) in [7, 11) is -4.60. The third kappa shape index (κ3) is 3.67. The van der Waals surface area contributed by atoms with Gasteiger partial charge < -0.3 is 13.0 Å². The lowest BCUT2D eigenvalue weighted by Crippen LogP contribution is -2.56. The zero-order valence-corrected chi connectivity index (χ0v) is 12.6. The largest absolute Gasteiger partial charge is 0.513 e. The van der Waals surface area contributed by atoms with Crippen molar-refractivity contribution in [1.82, 2.24) is 0 Å². The fourth-order valence-electron chi connectivity index (χ4n) is 1.29. The van der Waals surface area contributed by atoms with Gasteiger partial charge in [-0.15, -0.1) is 0 Å². The van der Waals surface area contributed by atoms with Crippen molar-refractivity contribution in [2.45, 2.75) is 19.6 Å². The van der Waals surface area contributed by atoms with Crippen LogP contribution in [-0.4, -0.2) is 32.4 Å². The van der Waals surface area contributed by atoms with E-state index in [9.17, 15) is 4.80 Å².